The third kappa shape index (κ3) is 1.46. The average molecular weight is 253 g/mol. The SMILES string of the molecule is Br.c1ccc2c(c1)CN1CCCC1=N2. The van der Waals surface area contributed by atoms with Gasteiger partial charge in [-0.05, 0) is 18.1 Å². The van der Waals surface area contributed by atoms with Crippen molar-refractivity contribution in [3.05, 3.63) is 29.8 Å². The summed E-state index contributed by atoms with van der Waals surface area (Å²) in [6.07, 6.45) is 2.43. The van der Waals surface area contributed by atoms with Crippen LogP contribution in [-0.2, 0) is 6.54 Å². The van der Waals surface area contributed by atoms with Crippen LogP contribution >= 0.6 is 17.0 Å². The lowest BCUT2D eigenvalue weighted by Crippen LogP contribution is -2.26. The van der Waals surface area contributed by atoms with Gasteiger partial charge in [0.15, 0.2) is 0 Å². The molecule has 0 saturated carbocycles. The lowest BCUT2D eigenvalue weighted by molar-refractivity contribution is 0.443. The molecule has 0 aliphatic carbocycles. The number of para-hydroxylation sites is 1. The maximum atomic E-state index is 4.65. The molecule has 0 radical (unpaired) electrons. The van der Waals surface area contributed by atoms with Crippen LogP contribution in [0.1, 0.15) is 18.4 Å². The topological polar surface area (TPSA) is 15.6 Å². The zero-order chi connectivity index (χ0) is 8.67. The first-order valence-corrected chi connectivity index (χ1v) is 4.84. The molecule has 1 saturated heterocycles. The number of nitrogens with zero attached hydrogens (tertiary/aromatic N) is 2. The summed E-state index contributed by atoms with van der Waals surface area (Å²) in [6.45, 7) is 2.25. The van der Waals surface area contributed by atoms with Crippen molar-refractivity contribution >= 4 is 28.5 Å². The summed E-state index contributed by atoms with van der Waals surface area (Å²) in [5.74, 6) is 1.29. The molecule has 0 N–H and O–H groups in total. The van der Waals surface area contributed by atoms with E-state index in [9.17, 15) is 0 Å². The van der Waals surface area contributed by atoms with Crippen molar-refractivity contribution in [2.75, 3.05) is 6.54 Å². The van der Waals surface area contributed by atoms with E-state index in [4.69, 9.17) is 0 Å². The molecule has 0 bridgehead atoms. The van der Waals surface area contributed by atoms with Crippen LogP contribution in [0.5, 0.6) is 0 Å². The lowest BCUT2D eigenvalue weighted by atomic mass is 10.1. The van der Waals surface area contributed by atoms with Crippen LogP contribution in [0.2, 0.25) is 0 Å². The van der Waals surface area contributed by atoms with E-state index in [2.05, 4.69) is 34.2 Å². The van der Waals surface area contributed by atoms with Crippen LogP contribution in [0.3, 0.4) is 0 Å². The highest BCUT2D eigenvalue weighted by Gasteiger charge is 2.23. The van der Waals surface area contributed by atoms with Crippen molar-refractivity contribution in [2.45, 2.75) is 19.4 Å². The number of rotatable bonds is 0. The molecule has 1 fully saturated rings. The summed E-state index contributed by atoms with van der Waals surface area (Å²) in [5.41, 5.74) is 2.55. The molecule has 0 aromatic heterocycles. The number of benzene rings is 1. The number of fused-ring (bicyclic) bond motifs is 2. The van der Waals surface area contributed by atoms with Crippen molar-refractivity contribution in [3.63, 3.8) is 0 Å². The Balaban J connectivity index is 0.000000750. The van der Waals surface area contributed by atoms with E-state index in [0.717, 1.165) is 13.0 Å². The van der Waals surface area contributed by atoms with Crippen LogP contribution in [0.15, 0.2) is 29.3 Å². The molecular formula is C11H13BrN2. The summed E-state index contributed by atoms with van der Waals surface area (Å²) in [6, 6.07) is 8.44. The summed E-state index contributed by atoms with van der Waals surface area (Å²) in [5, 5.41) is 0. The molecule has 3 rings (SSSR count). The first-order chi connectivity index (χ1) is 6.43. The number of hydrogen-bond donors (Lipinski definition) is 0. The fraction of sp³-hybridized carbons (Fsp3) is 0.364. The van der Waals surface area contributed by atoms with E-state index >= 15 is 0 Å². The van der Waals surface area contributed by atoms with Crippen molar-refractivity contribution in [3.8, 4) is 0 Å². The molecule has 2 nitrogen and oxygen atoms in total. The predicted octanol–water partition coefficient (Wildman–Crippen LogP) is 2.90. The molecule has 2 aliphatic rings. The highest BCUT2D eigenvalue weighted by Crippen LogP contribution is 2.29. The minimum atomic E-state index is 0. The van der Waals surface area contributed by atoms with E-state index < -0.39 is 0 Å². The molecule has 74 valence electrons. The second-order valence-electron chi connectivity index (χ2n) is 3.68. The van der Waals surface area contributed by atoms with Crippen molar-refractivity contribution in [1.82, 2.24) is 4.90 Å². The second-order valence-corrected chi connectivity index (χ2v) is 3.68. The number of aliphatic imine (C=N–C) groups is 1. The van der Waals surface area contributed by atoms with E-state index in [1.807, 2.05) is 0 Å². The number of amidine groups is 1. The Hall–Kier alpha value is -0.830. The van der Waals surface area contributed by atoms with Gasteiger partial charge in [0.25, 0.3) is 0 Å². The molecule has 2 aliphatic heterocycles. The summed E-state index contributed by atoms with van der Waals surface area (Å²) >= 11 is 0. The Morgan fingerprint density at radius 3 is 3.00 bits per heavy atom. The largest absolute Gasteiger partial charge is 0.356 e. The van der Waals surface area contributed by atoms with Gasteiger partial charge in [0, 0.05) is 19.5 Å². The van der Waals surface area contributed by atoms with Gasteiger partial charge >= 0.3 is 0 Å². The monoisotopic (exact) mass is 252 g/mol. The van der Waals surface area contributed by atoms with E-state index in [0.29, 0.717) is 0 Å². The normalized spacial score (nSPS) is 18.0. The second kappa shape index (κ2) is 3.73. The highest BCUT2D eigenvalue weighted by atomic mass is 79.9. The minimum absolute atomic E-state index is 0. The molecule has 1 aromatic carbocycles. The third-order valence-corrected chi connectivity index (χ3v) is 2.80. The number of halogens is 1. The van der Waals surface area contributed by atoms with Gasteiger partial charge in [-0.2, -0.15) is 0 Å². The third-order valence-electron chi connectivity index (χ3n) is 2.80. The molecule has 3 heteroatoms. The predicted molar refractivity (Wildman–Crippen MR) is 63.5 cm³/mol. The summed E-state index contributed by atoms with van der Waals surface area (Å²) < 4.78 is 0. The van der Waals surface area contributed by atoms with Crippen LogP contribution in [0, 0.1) is 0 Å². The molecule has 2 heterocycles. The Labute approximate surface area is 94.4 Å². The first-order valence-electron chi connectivity index (χ1n) is 4.84. The quantitative estimate of drug-likeness (QED) is 0.694. The maximum absolute atomic E-state index is 4.65. The van der Waals surface area contributed by atoms with E-state index in [-0.39, 0.29) is 17.0 Å². The molecule has 0 spiro atoms. The fourth-order valence-electron chi connectivity index (χ4n) is 2.11. The molecule has 14 heavy (non-hydrogen) atoms. The average Bonchev–Trinajstić information content (AvgIpc) is 2.61. The van der Waals surface area contributed by atoms with Gasteiger partial charge in [-0.1, -0.05) is 18.2 Å². The maximum Gasteiger partial charge on any atom is 0.105 e. The zero-order valence-electron chi connectivity index (χ0n) is 7.94. The van der Waals surface area contributed by atoms with Gasteiger partial charge in [0.1, 0.15) is 5.84 Å². The Bertz CT molecular complexity index is 373. The van der Waals surface area contributed by atoms with Gasteiger partial charge in [-0.3, -0.25) is 0 Å². The van der Waals surface area contributed by atoms with E-state index in [1.54, 1.807) is 0 Å². The minimum Gasteiger partial charge on any atom is -0.356 e. The van der Waals surface area contributed by atoms with Crippen molar-refractivity contribution in [2.24, 2.45) is 4.99 Å². The van der Waals surface area contributed by atoms with Crippen molar-refractivity contribution < 1.29 is 0 Å². The Kier molecular flexibility index (Phi) is 2.59. The van der Waals surface area contributed by atoms with Crippen molar-refractivity contribution in [1.29, 1.82) is 0 Å². The molecular weight excluding hydrogens is 240 g/mol. The lowest BCUT2D eigenvalue weighted by Gasteiger charge is -2.24. The summed E-state index contributed by atoms with van der Waals surface area (Å²) in [4.78, 5) is 7.04. The summed E-state index contributed by atoms with van der Waals surface area (Å²) in [7, 11) is 0. The zero-order valence-corrected chi connectivity index (χ0v) is 9.65. The molecule has 1 aromatic rings. The number of hydrogen-bond acceptors (Lipinski definition) is 2. The van der Waals surface area contributed by atoms with Crippen LogP contribution < -0.4 is 0 Å². The highest BCUT2D eigenvalue weighted by molar-refractivity contribution is 8.93. The van der Waals surface area contributed by atoms with Crippen LogP contribution in [-0.4, -0.2) is 17.3 Å². The molecule has 0 atom stereocenters. The molecule has 0 amide bonds. The fourth-order valence-corrected chi connectivity index (χ4v) is 2.11. The van der Waals surface area contributed by atoms with Gasteiger partial charge in [0.2, 0.25) is 0 Å². The Morgan fingerprint density at radius 2 is 2.07 bits per heavy atom. The van der Waals surface area contributed by atoms with Gasteiger partial charge in [0.05, 0.1) is 5.69 Å². The van der Waals surface area contributed by atoms with Gasteiger partial charge in [-0.25, -0.2) is 4.99 Å². The van der Waals surface area contributed by atoms with E-state index in [1.165, 1.54) is 30.1 Å². The standard InChI is InChI=1S/C11H12N2.BrH/c1-2-5-10-9(4-1)8-13-7-3-6-11(13)12-10;/h1-2,4-5H,3,6-8H2;1H. The van der Waals surface area contributed by atoms with Gasteiger partial charge < -0.3 is 4.90 Å². The Morgan fingerprint density at radius 1 is 1.21 bits per heavy atom. The van der Waals surface area contributed by atoms with Gasteiger partial charge in [-0.15, -0.1) is 17.0 Å². The molecule has 0 unspecified atom stereocenters. The van der Waals surface area contributed by atoms with Crippen LogP contribution in [0.4, 0.5) is 5.69 Å². The van der Waals surface area contributed by atoms with Crippen LogP contribution in [0.25, 0.3) is 0 Å². The first kappa shape index (κ1) is 9.71. The smallest absolute Gasteiger partial charge is 0.105 e.